The molecule has 1 amide bonds. The van der Waals surface area contributed by atoms with Gasteiger partial charge in [-0.2, -0.15) is 0 Å². The zero-order chi connectivity index (χ0) is 24.3. The van der Waals surface area contributed by atoms with Crippen molar-refractivity contribution in [3.05, 3.63) is 89.5 Å². The van der Waals surface area contributed by atoms with Crippen LogP contribution in [0.15, 0.2) is 77.7 Å². The summed E-state index contributed by atoms with van der Waals surface area (Å²) in [6.45, 7) is 6.00. The van der Waals surface area contributed by atoms with Crippen LogP contribution < -0.4 is 14.8 Å². The zero-order valence-electron chi connectivity index (χ0n) is 19.7. The molecule has 6 nitrogen and oxygen atoms in total. The van der Waals surface area contributed by atoms with E-state index in [1.54, 1.807) is 43.3 Å². The summed E-state index contributed by atoms with van der Waals surface area (Å²) in [4.78, 5) is 13.4. The van der Waals surface area contributed by atoms with E-state index in [1.165, 1.54) is 12.1 Å². The van der Waals surface area contributed by atoms with Crippen LogP contribution in [0.2, 0.25) is 0 Å². The monoisotopic (exact) mass is 478 g/mol. The molecule has 0 radical (unpaired) electrons. The third-order valence-electron chi connectivity index (χ3n) is 6.59. The molecular formula is C27H30N2O4S. The van der Waals surface area contributed by atoms with Gasteiger partial charge in [-0.25, -0.2) is 8.42 Å². The Labute approximate surface area is 201 Å². The predicted octanol–water partition coefficient (Wildman–Crippen LogP) is 5.61. The van der Waals surface area contributed by atoms with Crippen LogP contribution in [-0.4, -0.2) is 19.9 Å². The average Bonchev–Trinajstić information content (AvgIpc) is 2.85. The summed E-state index contributed by atoms with van der Waals surface area (Å²) in [6.07, 6.45) is 2.34. The fourth-order valence-electron chi connectivity index (χ4n) is 4.35. The lowest BCUT2D eigenvalue weighted by atomic mass is 9.83. The highest BCUT2D eigenvalue weighted by Crippen LogP contribution is 2.42. The number of carbonyl (C=O) groups excluding carboxylic acids is 1. The Kier molecular flexibility index (Phi) is 6.66. The first-order valence-corrected chi connectivity index (χ1v) is 13.0. The molecule has 0 aromatic heterocycles. The molecule has 0 spiro atoms. The second-order valence-corrected chi connectivity index (χ2v) is 10.4. The second-order valence-electron chi connectivity index (χ2n) is 8.71. The second kappa shape index (κ2) is 9.50. The molecule has 3 aromatic carbocycles. The maximum atomic E-state index is 13.3. The number of rotatable bonds is 7. The lowest BCUT2D eigenvalue weighted by Gasteiger charge is -2.41. The van der Waals surface area contributed by atoms with E-state index in [2.05, 4.69) is 23.9 Å². The van der Waals surface area contributed by atoms with Gasteiger partial charge >= 0.3 is 0 Å². The van der Waals surface area contributed by atoms with E-state index < -0.39 is 10.0 Å². The molecule has 7 heteroatoms. The van der Waals surface area contributed by atoms with Crippen molar-refractivity contribution in [1.29, 1.82) is 0 Å². The van der Waals surface area contributed by atoms with Crippen molar-refractivity contribution >= 4 is 21.6 Å². The first-order chi connectivity index (χ1) is 16.3. The molecule has 34 heavy (non-hydrogen) atoms. The van der Waals surface area contributed by atoms with E-state index in [4.69, 9.17) is 4.74 Å². The van der Waals surface area contributed by atoms with E-state index in [0.29, 0.717) is 17.7 Å². The molecule has 0 bridgehead atoms. The number of anilines is 1. The molecule has 1 heterocycles. The quantitative estimate of drug-likeness (QED) is 0.462. The third-order valence-corrected chi connectivity index (χ3v) is 7.97. The Hall–Kier alpha value is -3.32. The maximum absolute atomic E-state index is 13.3. The molecule has 0 saturated carbocycles. The van der Waals surface area contributed by atoms with Crippen molar-refractivity contribution in [3.63, 3.8) is 0 Å². The molecule has 0 aliphatic carbocycles. The number of carbonyl (C=O) groups is 1. The third kappa shape index (κ3) is 4.80. The molecule has 0 fully saturated rings. The van der Waals surface area contributed by atoms with Gasteiger partial charge in [-0.15, -0.1) is 0 Å². The van der Waals surface area contributed by atoms with Crippen molar-refractivity contribution < 1.29 is 17.9 Å². The minimum atomic E-state index is -3.77. The molecule has 1 unspecified atom stereocenters. The van der Waals surface area contributed by atoms with Crippen LogP contribution in [0.5, 0.6) is 5.75 Å². The van der Waals surface area contributed by atoms with Gasteiger partial charge in [-0.3, -0.25) is 9.52 Å². The van der Waals surface area contributed by atoms with Crippen molar-refractivity contribution in [1.82, 2.24) is 5.32 Å². The standard InChI is InChI=1S/C27H30N2O4S/c1-4-27(5-2)18-24(22-13-9-10-14-25(22)33-27)28-26(30)20-16-15-19(3)23(17-20)29-34(31,32)21-11-7-6-8-12-21/h6-17,24,29H,4-5,18H2,1-3H3,(H,28,30). The first-order valence-electron chi connectivity index (χ1n) is 11.5. The van der Waals surface area contributed by atoms with E-state index in [-0.39, 0.29) is 22.4 Å². The number of sulfonamides is 1. The molecule has 3 aromatic rings. The van der Waals surface area contributed by atoms with Crippen LogP contribution >= 0.6 is 0 Å². The SMILES string of the molecule is CCC1(CC)CC(NC(=O)c2ccc(C)c(NS(=O)(=O)c3ccccc3)c2)c2ccccc2O1. The van der Waals surface area contributed by atoms with Gasteiger partial charge in [0, 0.05) is 17.5 Å². The van der Waals surface area contributed by atoms with Gasteiger partial charge in [-0.1, -0.05) is 56.3 Å². The van der Waals surface area contributed by atoms with Gasteiger partial charge in [0.15, 0.2) is 0 Å². The first kappa shape index (κ1) is 23.8. The van der Waals surface area contributed by atoms with Crippen molar-refractivity contribution in [2.75, 3.05) is 4.72 Å². The number of para-hydroxylation sites is 1. The summed E-state index contributed by atoms with van der Waals surface area (Å²) < 4.78 is 34.6. The highest BCUT2D eigenvalue weighted by Gasteiger charge is 2.39. The van der Waals surface area contributed by atoms with E-state index in [9.17, 15) is 13.2 Å². The minimum absolute atomic E-state index is 0.165. The fraction of sp³-hybridized carbons (Fsp3) is 0.296. The molecule has 178 valence electrons. The van der Waals surface area contributed by atoms with Crippen LogP contribution in [-0.2, 0) is 10.0 Å². The van der Waals surface area contributed by atoms with Gasteiger partial charge < -0.3 is 10.1 Å². The summed E-state index contributed by atoms with van der Waals surface area (Å²) >= 11 is 0. The molecule has 1 atom stereocenters. The predicted molar refractivity (Wildman–Crippen MR) is 134 cm³/mol. The number of fused-ring (bicyclic) bond motifs is 1. The summed E-state index contributed by atoms with van der Waals surface area (Å²) in [5.41, 5.74) is 2.10. The molecule has 4 rings (SSSR count). The smallest absolute Gasteiger partial charge is 0.261 e. The summed E-state index contributed by atoms with van der Waals surface area (Å²) in [5, 5.41) is 3.16. The molecule has 0 saturated heterocycles. The minimum Gasteiger partial charge on any atom is -0.487 e. The molecular weight excluding hydrogens is 448 g/mol. The van der Waals surface area contributed by atoms with E-state index in [0.717, 1.165) is 29.7 Å². The number of hydrogen-bond donors (Lipinski definition) is 2. The van der Waals surface area contributed by atoms with E-state index >= 15 is 0 Å². The molecule has 1 aliphatic heterocycles. The Morgan fingerprint density at radius 2 is 1.68 bits per heavy atom. The summed E-state index contributed by atoms with van der Waals surface area (Å²) in [5.74, 6) is 0.533. The lowest BCUT2D eigenvalue weighted by Crippen LogP contribution is -2.44. The fourth-order valence-corrected chi connectivity index (χ4v) is 5.49. The normalized spacial score (nSPS) is 16.7. The van der Waals surface area contributed by atoms with Gasteiger partial charge in [0.05, 0.1) is 16.6 Å². The van der Waals surface area contributed by atoms with E-state index in [1.807, 2.05) is 24.3 Å². The molecule has 1 aliphatic rings. The highest BCUT2D eigenvalue weighted by molar-refractivity contribution is 7.92. The van der Waals surface area contributed by atoms with Gasteiger partial charge in [0.1, 0.15) is 11.4 Å². The number of benzene rings is 3. The van der Waals surface area contributed by atoms with Crippen LogP contribution in [0, 0.1) is 6.92 Å². The number of amides is 1. The van der Waals surface area contributed by atoms with Crippen molar-refractivity contribution in [3.8, 4) is 5.75 Å². The maximum Gasteiger partial charge on any atom is 0.261 e. The Morgan fingerprint density at radius 3 is 2.38 bits per heavy atom. The van der Waals surface area contributed by atoms with Gasteiger partial charge in [0.2, 0.25) is 0 Å². The number of nitrogens with one attached hydrogen (secondary N) is 2. The summed E-state index contributed by atoms with van der Waals surface area (Å²) in [6, 6.07) is 20.8. The summed E-state index contributed by atoms with van der Waals surface area (Å²) in [7, 11) is -3.77. The van der Waals surface area contributed by atoms with Crippen LogP contribution in [0.25, 0.3) is 0 Å². The number of hydrogen-bond acceptors (Lipinski definition) is 4. The Bertz CT molecular complexity index is 1280. The Balaban J connectivity index is 1.59. The van der Waals surface area contributed by atoms with Crippen LogP contribution in [0.3, 0.4) is 0 Å². The number of aryl methyl sites for hydroxylation is 1. The van der Waals surface area contributed by atoms with Crippen molar-refractivity contribution in [2.24, 2.45) is 0 Å². The number of ether oxygens (including phenoxy) is 1. The van der Waals surface area contributed by atoms with Crippen LogP contribution in [0.4, 0.5) is 5.69 Å². The highest BCUT2D eigenvalue weighted by atomic mass is 32.2. The molecule has 2 N–H and O–H groups in total. The average molecular weight is 479 g/mol. The van der Waals surface area contributed by atoms with Gasteiger partial charge in [-0.05, 0) is 55.7 Å². The van der Waals surface area contributed by atoms with Crippen LogP contribution in [0.1, 0.15) is 60.6 Å². The largest absolute Gasteiger partial charge is 0.487 e. The lowest BCUT2D eigenvalue weighted by molar-refractivity contribution is 0.0227. The van der Waals surface area contributed by atoms with Crippen molar-refractivity contribution in [2.45, 2.75) is 56.6 Å². The van der Waals surface area contributed by atoms with Gasteiger partial charge in [0.25, 0.3) is 15.9 Å². The topological polar surface area (TPSA) is 84.5 Å². The zero-order valence-corrected chi connectivity index (χ0v) is 20.5. The Morgan fingerprint density at radius 1 is 1.00 bits per heavy atom.